The molecule has 2 aromatic rings. The zero-order valence-corrected chi connectivity index (χ0v) is 11.6. The molecule has 0 bridgehead atoms. The van der Waals surface area contributed by atoms with Crippen LogP contribution in [0.5, 0.6) is 0 Å². The molecular weight excluding hydrogens is 272 g/mol. The highest BCUT2D eigenvalue weighted by Gasteiger charge is 2.17. The van der Waals surface area contributed by atoms with Crippen LogP contribution in [0.2, 0.25) is 0 Å². The fourth-order valence-corrected chi connectivity index (χ4v) is 2.13. The van der Waals surface area contributed by atoms with Crippen molar-refractivity contribution in [2.24, 2.45) is 0 Å². The Labute approximate surface area is 121 Å². The summed E-state index contributed by atoms with van der Waals surface area (Å²) in [4.78, 5) is 38.9. The lowest BCUT2D eigenvalue weighted by Gasteiger charge is -2.19. The predicted molar refractivity (Wildman–Crippen MR) is 78.4 cm³/mol. The van der Waals surface area contributed by atoms with E-state index in [4.69, 9.17) is 5.11 Å². The zero-order valence-electron chi connectivity index (χ0n) is 11.6. The molecule has 0 saturated carbocycles. The van der Waals surface area contributed by atoms with E-state index in [0.717, 1.165) is 0 Å². The molecule has 0 fully saturated rings. The number of carbonyl (C=O) groups is 2. The van der Waals surface area contributed by atoms with Gasteiger partial charge < -0.3 is 15.0 Å². The van der Waals surface area contributed by atoms with E-state index in [1.807, 2.05) is 0 Å². The minimum Gasteiger partial charge on any atom is -0.481 e. The first kappa shape index (κ1) is 14.8. The standard InChI is InChI=1S/C15H16N2O4/c1-2-17(8-7-13(18)19)15(21)12-9-10-5-3-4-6-11(10)14(20)16-12/h3-6,9H,2,7-8H2,1H3,(H,16,20)(H,18,19). The van der Waals surface area contributed by atoms with Crippen molar-refractivity contribution in [3.63, 3.8) is 0 Å². The molecule has 0 atom stereocenters. The molecule has 0 saturated heterocycles. The molecule has 1 heterocycles. The van der Waals surface area contributed by atoms with Gasteiger partial charge in [-0.2, -0.15) is 0 Å². The van der Waals surface area contributed by atoms with Crippen LogP contribution in [0.25, 0.3) is 10.8 Å². The molecule has 2 N–H and O–H groups in total. The first-order chi connectivity index (χ1) is 10.0. The number of hydrogen-bond acceptors (Lipinski definition) is 3. The van der Waals surface area contributed by atoms with Gasteiger partial charge in [0, 0.05) is 18.5 Å². The molecule has 0 aliphatic heterocycles. The number of pyridine rings is 1. The van der Waals surface area contributed by atoms with Gasteiger partial charge in [-0.3, -0.25) is 14.4 Å². The molecule has 110 valence electrons. The molecule has 0 radical (unpaired) electrons. The van der Waals surface area contributed by atoms with E-state index in [1.54, 1.807) is 37.3 Å². The third kappa shape index (κ3) is 3.28. The van der Waals surface area contributed by atoms with Gasteiger partial charge in [-0.15, -0.1) is 0 Å². The maximum atomic E-state index is 12.3. The van der Waals surface area contributed by atoms with Gasteiger partial charge in [-0.25, -0.2) is 0 Å². The number of fused-ring (bicyclic) bond motifs is 1. The highest BCUT2D eigenvalue weighted by atomic mass is 16.4. The lowest BCUT2D eigenvalue weighted by Crippen LogP contribution is -2.34. The molecule has 0 spiro atoms. The maximum Gasteiger partial charge on any atom is 0.305 e. The van der Waals surface area contributed by atoms with Crippen molar-refractivity contribution in [1.82, 2.24) is 9.88 Å². The minimum absolute atomic E-state index is 0.111. The SMILES string of the molecule is CCN(CCC(=O)O)C(=O)c1cc2ccccc2c(=O)[nH]1. The van der Waals surface area contributed by atoms with Gasteiger partial charge in [0.25, 0.3) is 11.5 Å². The summed E-state index contributed by atoms with van der Waals surface area (Å²) in [5.41, 5.74) is -0.156. The summed E-state index contributed by atoms with van der Waals surface area (Å²) in [6.07, 6.45) is -0.128. The van der Waals surface area contributed by atoms with Crippen molar-refractivity contribution < 1.29 is 14.7 Å². The number of H-pyrrole nitrogens is 1. The summed E-state index contributed by atoms with van der Waals surface area (Å²) in [6.45, 7) is 2.25. The molecule has 6 nitrogen and oxygen atoms in total. The predicted octanol–water partition coefficient (Wildman–Crippen LogP) is 1.46. The first-order valence-corrected chi connectivity index (χ1v) is 6.66. The number of benzene rings is 1. The average Bonchev–Trinajstić information content (AvgIpc) is 2.47. The van der Waals surface area contributed by atoms with Crippen molar-refractivity contribution in [3.05, 3.63) is 46.4 Å². The molecule has 0 unspecified atom stereocenters. The van der Waals surface area contributed by atoms with E-state index in [0.29, 0.717) is 17.3 Å². The molecule has 0 aliphatic carbocycles. The van der Waals surface area contributed by atoms with Crippen LogP contribution < -0.4 is 5.56 Å². The number of carbonyl (C=O) groups excluding carboxylic acids is 1. The quantitative estimate of drug-likeness (QED) is 0.871. The fourth-order valence-electron chi connectivity index (χ4n) is 2.13. The highest BCUT2D eigenvalue weighted by Crippen LogP contribution is 2.11. The number of carboxylic acids is 1. The number of rotatable bonds is 5. The normalized spacial score (nSPS) is 10.5. The lowest BCUT2D eigenvalue weighted by atomic mass is 10.1. The Morgan fingerprint density at radius 1 is 1.29 bits per heavy atom. The number of aliphatic carboxylic acids is 1. The molecule has 1 aromatic carbocycles. The third-order valence-electron chi connectivity index (χ3n) is 3.25. The first-order valence-electron chi connectivity index (χ1n) is 6.66. The molecule has 2 rings (SSSR count). The van der Waals surface area contributed by atoms with Gasteiger partial charge in [0.15, 0.2) is 0 Å². The fraction of sp³-hybridized carbons (Fsp3) is 0.267. The van der Waals surface area contributed by atoms with Crippen LogP contribution in [0.3, 0.4) is 0 Å². The van der Waals surface area contributed by atoms with Crippen LogP contribution >= 0.6 is 0 Å². The molecule has 1 amide bonds. The van der Waals surface area contributed by atoms with Gasteiger partial charge in [-0.1, -0.05) is 18.2 Å². The van der Waals surface area contributed by atoms with Gasteiger partial charge in [-0.05, 0) is 24.4 Å². The summed E-state index contributed by atoms with van der Waals surface area (Å²) in [5.74, 6) is -1.34. The Kier molecular flexibility index (Phi) is 4.37. The van der Waals surface area contributed by atoms with Crippen LogP contribution in [-0.4, -0.2) is 40.0 Å². The van der Waals surface area contributed by atoms with E-state index < -0.39 is 5.97 Å². The Bertz CT molecular complexity index is 736. The van der Waals surface area contributed by atoms with Crippen LogP contribution in [0.15, 0.2) is 35.1 Å². The van der Waals surface area contributed by atoms with E-state index >= 15 is 0 Å². The van der Waals surface area contributed by atoms with Crippen molar-refractivity contribution in [1.29, 1.82) is 0 Å². The van der Waals surface area contributed by atoms with E-state index in [9.17, 15) is 14.4 Å². The Balaban J connectivity index is 2.34. The maximum absolute atomic E-state index is 12.3. The molecule has 6 heteroatoms. The van der Waals surface area contributed by atoms with Crippen LogP contribution in [0.4, 0.5) is 0 Å². The summed E-state index contributed by atoms with van der Waals surface area (Å²) in [6, 6.07) is 8.60. The van der Waals surface area contributed by atoms with Crippen LogP contribution in [0.1, 0.15) is 23.8 Å². The topological polar surface area (TPSA) is 90.5 Å². The van der Waals surface area contributed by atoms with Crippen molar-refractivity contribution in [2.75, 3.05) is 13.1 Å². The van der Waals surface area contributed by atoms with Crippen LogP contribution in [-0.2, 0) is 4.79 Å². The largest absolute Gasteiger partial charge is 0.481 e. The number of carboxylic acid groups (broad SMARTS) is 1. The van der Waals surface area contributed by atoms with Gasteiger partial charge >= 0.3 is 5.97 Å². The Hall–Kier alpha value is -2.63. The van der Waals surface area contributed by atoms with E-state index in [-0.39, 0.29) is 30.1 Å². The number of aromatic amines is 1. The lowest BCUT2D eigenvalue weighted by molar-refractivity contribution is -0.137. The molecular formula is C15H16N2O4. The number of hydrogen-bond donors (Lipinski definition) is 2. The summed E-state index contributed by atoms with van der Waals surface area (Å²) < 4.78 is 0. The summed E-state index contributed by atoms with van der Waals surface area (Å²) >= 11 is 0. The number of nitrogens with zero attached hydrogens (tertiary/aromatic N) is 1. The average molecular weight is 288 g/mol. The van der Waals surface area contributed by atoms with Crippen LogP contribution in [0, 0.1) is 0 Å². The smallest absolute Gasteiger partial charge is 0.305 e. The number of aromatic nitrogens is 1. The highest BCUT2D eigenvalue weighted by molar-refractivity contribution is 5.96. The van der Waals surface area contributed by atoms with Crippen molar-refractivity contribution >= 4 is 22.6 Å². The van der Waals surface area contributed by atoms with Crippen molar-refractivity contribution in [3.8, 4) is 0 Å². The van der Waals surface area contributed by atoms with Crippen molar-refractivity contribution in [2.45, 2.75) is 13.3 Å². The molecule has 0 aliphatic rings. The minimum atomic E-state index is -0.965. The second kappa shape index (κ2) is 6.21. The second-order valence-electron chi connectivity index (χ2n) is 4.63. The molecule has 1 aromatic heterocycles. The van der Waals surface area contributed by atoms with Gasteiger partial charge in [0.1, 0.15) is 5.69 Å². The third-order valence-corrected chi connectivity index (χ3v) is 3.25. The van der Waals surface area contributed by atoms with E-state index in [1.165, 1.54) is 4.90 Å². The zero-order chi connectivity index (χ0) is 15.4. The van der Waals surface area contributed by atoms with E-state index in [2.05, 4.69) is 4.98 Å². The number of nitrogens with one attached hydrogen (secondary N) is 1. The summed E-state index contributed by atoms with van der Waals surface area (Å²) in [7, 11) is 0. The summed E-state index contributed by atoms with van der Waals surface area (Å²) in [5, 5.41) is 9.90. The monoisotopic (exact) mass is 288 g/mol. The van der Waals surface area contributed by atoms with Gasteiger partial charge in [0.05, 0.1) is 6.42 Å². The van der Waals surface area contributed by atoms with Gasteiger partial charge in [0.2, 0.25) is 0 Å². The Morgan fingerprint density at radius 2 is 2.00 bits per heavy atom. The Morgan fingerprint density at radius 3 is 2.67 bits per heavy atom. The molecule has 21 heavy (non-hydrogen) atoms. The number of amides is 1. The second-order valence-corrected chi connectivity index (χ2v) is 4.63.